The first-order chi connectivity index (χ1) is 7.61. The lowest BCUT2D eigenvalue weighted by atomic mass is 10.1. The van der Waals surface area contributed by atoms with Crippen LogP contribution in [0.2, 0.25) is 0 Å². The molecule has 0 bridgehead atoms. The molecule has 1 saturated heterocycles. The molecule has 0 saturated carbocycles. The molecule has 1 aliphatic rings. The van der Waals surface area contributed by atoms with E-state index in [1.54, 1.807) is 6.92 Å². The number of nitrogens with zero attached hydrogens (tertiary/aromatic N) is 3. The number of halogens is 1. The number of allylic oxidation sites excluding steroid dienone is 4. The van der Waals surface area contributed by atoms with Gasteiger partial charge in [-0.2, -0.15) is 10.5 Å². The van der Waals surface area contributed by atoms with Crippen LogP contribution in [0.15, 0.2) is 21.9 Å². The maximum atomic E-state index is 8.77. The summed E-state index contributed by atoms with van der Waals surface area (Å²) in [5, 5.41) is 18.1. The molecule has 0 aliphatic carbocycles. The smallest absolute Gasteiger partial charge is 0.134 e. The summed E-state index contributed by atoms with van der Waals surface area (Å²) >= 11 is 6.19. The molecule has 0 spiro atoms. The predicted octanol–water partition coefficient (Wildman–Crippen LogP) is 2.92. The van der Waals surface area contributed by atoms with Gasteiger partial charge in [-0.15, -0.1) is 0 Å². The molecule has 0 N–H and O–H groups in total. The fourth-order valence-corrected chi connectivity index (χ4v) is 1.98. The van der Waals surface area contributed by atoms with E-state index in [-0.39, 0.29) is 5.57 Å². The van der Waals surface area contributed by atoms with Gasteiger partial charge < -0.3 is 4.90 Å². The van der Waals surface area contributed by atoms with E-state index in [0.717, 1.165) is 18.8 Å². The molecule has 0 amide bonds. The molecule has 1 fully saturated rings. The number of likely N-dealkylation sites (tertiary alicyclic amines) is 1. The number of nitriles is 2. The Morgan fingerprint density at radius 3 is 2.06 bits per heavy atom. The Hall–Kier alpha value is -1.45. The molecule has 0 radical (unpaired) electrons. The van der Waals surface area contributed by atoms with Gasteiger partial charge in [0.25, 0.3) is 0 Å². The fourth-order valence-electron chi connectivity index (χ4n) is 1.77. The molecule has 0 aromatic heterocycles. The summed E-state index contributed by atoms with van der Waals surface area (Å²) in [4.78, 5) is 2.19. The third-order valence-electron chi connectivity index (χ3n) is 2.83. The van der Waals surface area contributed by atoms with E-state index in [4.69, 9.17) is 22.1 Å². The van der Waals surface area contributed by atoms with Crippen LogP contribution in [-0.2, 0) is 0 Å². The first kappa shape index (κ1) is 12.6. The molecule has 4 heteroatoms. The second-order valence-electron chi connectivity index (χ2n) is 3.82. The number of rotatable bonds is 2. The zero-order valence-electron chi connectivity index (χ0n) is 9.55. The van der Waals surface area contributed by atoms with Crippen LogP contribution in [0.1, 0.15) is 26.7 Å². The van der Waals surface area contributed by atoms with E-state index in [1.807, 2.05) is 19.1 Å². The Bertz CT molecular complexity index is 399. The largest absolute Gasteiger partial charge is 0.374 e. The Kier molecular flexibility index (Phi) is 4.40. The van der Waals surface area contributed by atoms with Crippen LogP contribution < -0.4 is 0 Å². The van der Waals surface area contributed by atoms with E-state index in [2.05, 4.69) is 4.90 Å². The Morgan fingerprint density at radius 2 is 1.62 bits per heavy atom. The summed E-state index contributed by atoms with van der Waals surface area (Å²) in [5.41, 5.74) is 1.61. The highest BCUT2D eigenvalue weighted by Crippen LogP contribution is 2.26. The van der Waals surface area contributed by atoms with Crippen molar-refractivity contribution in [3.63, 3.8) is 0 Å². The van der Waals surface area contributed by atoms with Crippen LogP contribution in [0, 0.1) is 22.7 Å². The van der Waals surface area contributed by atoms with Crippen molar-refractivity contribution < 1.29 is 0 Å². The topological polar surface area (TPSA) is 50.8 Å². The van der Waals surface area contributed by atoms with Crippen LogP contribution >= 0.6 is 11.6 Å². The SMILES string of the molecule is CC(=C(C#N)C#N)/C(Cl)=C(\C)N1CCCC1. The summed E-state index contributed by atoms with van der Waals surface area (Å²) in [5.74, 6) is 0. The Balaban J connectivity index is 3.04. The predicted molar refractivity (Wildman–Crippen MR) is 63.3 cm³/mol. The minimum absolute atomic E-state index is 0.0866. The van der Waals surface area contributed by atoms with Gasteiger partial charge in [0.2, 0.25) is 0 Å². The quantitative estimate of drug-likeness (QED) is 0.546. The minimum atomic E-state index is 0.0866. The molecular weight excluding hydrogens is 222 g/mol. The molecule has 0 aromatic rings. The average molecular weight is 236 g/mol. The van der Waals surface area contributed by atoms with E-state index < -0.39 is 0 Å². The van der Waals surface area contributed by atoms with Crippen LogP contribution in [0.5, 0.6) is 0 Å². The Morgan fingerprint density at radius 1 is 1.12 bits per heavy atom. The van der Waals surface area contributed by atoms with Crippen molar-refractivity contribution in [2.75, 3.05) is 13.1 Å². The van der Waals surface area contributed by atoms with Crippen molar-refractivity contribution in [3.8, 4) is 12.1 Å². The summed E-state index contributed by atoms with van der Waals surface area (Å²) in [7, 11) is 0. The minimum Gasteiger partial charge on any atom is -0.374 e. The maximum absolute atomic E-state index is 8.77. The van der Waals surface area contributed by atoms with Gasteiger partial charge in [-0.25, -0.2) is 0 Å². The van der Waals surface area contributed by atoms with Crippen LogP contribution in [-0.4, -0.2) is 18.0 Å². The van der Waals surface area contributed by atoms with Gasteiger partial charge in [-0.3, -0.25) is 0 Å². The van der Waals surface area contributed by atoms with Crippen LogP contribution in [0.3, 0.4) is 0 Å². The molecule has 84 valence electrons. The van der Waals surface area contributed by atoms with Crippen LogP contribution in [0.4, 0.5) is 0 Å². The summed E-state index contributed by atoms with van der Waals surface area (Å²) in [6.45, 7) is 5.65. The van der Waals surface area contributed by atoms with E-state index in [1.165, 1.54) is 12.8 Å². The van der Waals surface area contributed by atoms with Crippen molar-refractivity contribution in [1.29, 1.82) is 10.5 Å². The van der Waals surface area contributed by atoms with Gasteiger partial charge in [-0.1, -0.05) is 11.6 Å². The highest BCUT2D eigenvalue weighted by Gasteiger charge is 2.16. The third kappa shape index (κ3) is 2.56. The van der Waals surface area contributed by atoms with Crippen molar-refractivity contribution in [2.24, 2.45) is 0 Å². The second-order valence-corrected chi connectivity index (χ2v) is 4.20. The Labute approximate surface area is 101 Å². The lowest BCUT2D eigenvalue weighted by Gasteiger charge is -2.20. The maximum Gasteiger partial charge on any atom is 0.134 e. The van der Waals surface area contributed by atoms with E-state index in [0.29, 0.717) is 10.6 Å². The fraction of sp³-hybridized carbons (Fsp3) is 0.500. The highest BCUT2D eigenvalue weighted by atomic mass is 35.5. The zero-order chi connectivity index (χ0) is 12.1. The monoisotopic (exact) mass is 235 g/mol. The summed E-state index contributed by atoms with van der Waals surface area (Å²) in [6, 6.07) is 3.72. The normalized spacial score (nSPS) is 16.2. The van der Waals surface area contributed by atoms with Gasteiger partial charge >= 0.3 is 0 Å². The van der Waals surface area contributed by atoms with Gasteiger partial charge in [0.05, 0.1) is 5.03 Å². The average Bonchev–Trinajstić information content (AvgIpc) is 2.82. The van der Waals surface area contributed by atoms with Crippen molar-refractivity contribution in [3.05, 3.63) is 21.9 Å². The van der Waals surface area contributed by atoms with Crippen molar-refractivity contribution in [2.45, 2.75) is 26.7 Å². The third-order valence-corrected chi connectivity index (χ3v) is 3.38. The van der Waals surface area contributed by atoms with Gasteiger partial charge in [0.15, 0.2) is 0 Å². The summed E-state index contributed by atoms with van der Waals surface area (Å²) < 4.78 is 0. The van der Waals surface area contributed by atoms with Crippen molar-refractivity contribution >= 4 is 11.6 Å². The first-order valence-corrected chi connectivity index (χ1v) is 5.62. The van der Waals surface area contributed by atoms with Gasteiger partial charge in [0, 0.05) is 18.8 Å². The molecule has 1 aliphatic heterocycles. The lowest BCUT2D eigenvalue weighted by molar-refractivity contribution is 0.426. The van der Waals surface area contributed by atoms with E-state index in [9.17, 15) is 0 Å². The molecule has 0 aromatic carbocycles. The molecular formula is C12H14ClN3. The second kappa shape index (κ2) is 5.58. The van der Waals surface area contributed by atoms with Gasteiger partial charge in [0.1, 0.15) is 17.7 Å². The summed E-state index contributed by atoms with van der Waals surface area (Å²) in [6.07, 6.45) is 2.35. The lowest BCUT2D eigenvalue weighted by Crippen LogP contribution is -2.17. The molecule has 1 heterocycles. The first-order valence-electron chi connectivity index (χ1n) is 5.24. The highest BCUT2D eigenvalue weighted by molar-refractivity contribution is 6.32. The van der Waals surface area contributed by atoms with Crippen molar-refractivity contribution in [1.82, 2.24) is 4.90 Å². The van der Waals surface area contributed by atoms with Crippen LogP contribution in [0.25, 0.3) is 0 Å². The molecule has 3 nitrogen and oxygen atoms in total. The zero-order valence-corrected chi connectivity index (χ0v) is 10.3. The number of hydrogen-bond donors (Lipinski definition) is 0. The molecule has 16 heavy (non-hydrogen) atoms. The van der Waals surface area contributed by atoms with E-state index >= 15 is 0 Å². The number of hydrogen-bond acceptors (Lipinski definition) is 3. The standard InChI is InChI=1S/C12H14ClN3/c1-9(11(7-14)8-15)12(13)10(2)16-5-3-4-6-16/h3-6H2,1-2H3/b12-10-. The van der Waals surface area contributed by atoms with Gasteiger partial charge in [-0.05, 0) is 32.3 Å². The molecule has 0 atom stereocenters. The molecule has 1 rings (SSSR count). The molecule has 0 unspecified atom stereocenters.